The second-order valence-electron chi connectivity index (χ2n) is 6.99. The maximum Gasteiger partial charge on any atom is 0.273 e. The van der Waals surface area contributed by atoms with E-state index in [9.17, 15) is 9.18 Å². The monoisotopic (exact) mass is 365 g/mol. The van der Waals surface area contributed by atoms with Crippen molar-refractivity contribution in [2.75, 3.05) is 6.54 Å². The molecule has 1 aliphatic rings. The molecule has 0 bridgehead atoms. The van der Waals surface area contributed by atoms with Crippen LogP contribution in [-0.2, 0) is 12.0 Å². The second kappa shape index (κ2) is 6.95. The molecule has 1 fully saturated rings. The van der Waals surface area contributed by atoms with E-state index in [2.05, 4.69) is 9.97 Å². The van der Waals surface area contributed by atoms with Crippen LogP contribution < -0.4 is 0 Å². The Labute approximate surface area is 156 Å². The molecule has 0 spiro atoms. The lowest BCUT2D eigenvalue weighted by atomic mass is 9.98. The molecule has 0 aliphatic carbocycles. The minimum atomic E-state index is -0.616. The molecule has 4 rings (SSSR count). The van der Waals surface area contributed by atoms with E-state index in [0.29, 0.717) is 30.3 Å². The third-order valence-corrected chi connectivity index (χ3v) is 5.05. The van der Waals surface area contributed by atoms with E-state index in [1.807, 2.05) is 13.0 Å². The predicted octanol–water partition coefficient (Wildman–Crippen LogP) is 3.95. The Kier molecular flexibility index (Phi) is 4.48. The number of carbonyl (C=O) groups excluding carboxylic acids is 1. The molecular weight excluding hydrogens is 345 g/mol. The van der Waals surface area contributed by atoms with Gasteiger partial charge >= 0.3 is 0 Å². The van der Waals surface area contributed by atoms with Gasteiger partial charge in [0, 0.05) is 19.2 Å². The number of benzene rings is 1. The van der Waals surface area contributed by atoms with Crippen LogP contribution in [0.3, 0.4) is 0 Å². The van der Waals surface area contributed by atoms with Gasteiger partial charge in [-0.3, -0.25) is 9.78 Å². The summed E-state index contributed by atoms with van der Waals surface area (Å²) in [7, 11) is 0. The molecule has 0 saturated carbocycles. The highest BCUT2D eigenvalue weighted by Gasteiger charge is 2.45. The third-order valence-electron chi connectivity index (χ3n) is 5.05. The molecule has 3 heterocycles. The van der Waals surface area contributed by atoms with Gasteiger partial charge in [-0.15, -0.1) is 0 Å². The molecule has 0 radical (unpaired) electrons. The van der Waals surface area contributed by atoms with E-state index in [1.165, 1.54) is 12.1 Å². The van der Waals surface area contributed by atoms with Crippen LogP contribution in [-0.4, -0.2) is 27.3 Å². The van der Waals surface area contributed by atoms with Crippen LogP contribution in [0.25, 0.3) is 0 Å². The molecule has 3 aromatic rings. The molecule has 1 atom stereocenters. The molecule has 2 aromatic heterocycles. The van der Waals surface area contributed by atoms with Gasteiger partial charge in [0.25, 0.3) is 5.91 Å². The van der Waals surface area contributed by atoms with Gasteiger partial charge in [0.1, 0.15) is 22.8 Å². The number of amides is 1. The highest BCUT2D eigenvalue weighted by atomic mass is 19.1. The van der Waals surface area contributed by atoms with E-state index >= 15 is 0 Å². The minimum Gasteiger partial charge on any atom is -0.443 e. The fourth-order valence-electron chi connectivity index (χ4n) is 3.63. The Morgan fingerprint density at radius 1 is 1.26 bits per heavy atom. The van der Waals surface area contributed by atoms with Crippen LogP contribution in [0.15, 0.2) is 59.3 Å². The number of pyridine rings is 1. The zero-order valence-electron chi connectivity index (χ0n) is 15.1. The standard InChI is InChI=1S/C21H20FN3O2/c1-21(9-5-11-25(21)19(26)18-8-2-3-10-23-18)20-24-14-17(27-20)13-15-6-4-7-16(22)12-15/h2-4,6-8,10,12,14H,5,9,11,13H2,1H3/t21-/m0/s1. The topological polar surface area (TPSA) is 59.2 Å². The van der Waals surface area contributed by atoms with Crippen molar-refractivity contribution in [1.29, 1.82) is 0 Å². The summed E-state index contributed by atoms with van der Waals surface area (Å²) >= 11 is 0. The average Bonchev–Trinajstić information content (AvgIpc) is 3.30. The molecule has 138 valence electrons. The van der Waals surface area contributed by atoms with Gasteiger partial charge in [-0.05, 0) is 49.6 Å². The van der Waals surface area contributed by atoms with Gasteiger partial charge in [0.2, 0.25) is 5.89 Å². The molecule has 1 aliphatic heterocycles. The largest absolute Gasteiger partial charge is 0.443 e. The summed E-state index contributed by atoms with van der Waals surface area (Å²) in [6.07, 6.45) is 5.37. The Bertz CT molecular complexity index is 957. The molecule has 0 N–H and O–H groups in total. The van der Waals surface area contributed by atoms with Crippen molar-refractivity contribution in [1.82, 2.24) is 14.9 Å². The normalized spacial score (nSPS) is 19.4. The van der Waals surface area contributed by atoms with Crippen LogP contribution in [0.2, 0.25) is 0 Å². The maximum atomic E-state index is 13.4. The summed E-state index contributed by atoms with van der Waals surface area (Å²) in [4.78, 5) is 23.3. The van der Waals surface area contributed by atoms with E-state index in [4.69, 9.17) is 4.42 Å². The highest BCUT2D eigenvalue weighted by Crippen LogP contribution is 2.39. The van der Waals surface area contributed by atoms with Crippen molar-refractivity contribution in [2.24, 2.45) is 0 Å². The fraction of sp³-hybridized carbons (Fsp3) is 0.286. The lowest BCUT2D eigenvalue weighted by Crippen LogP contribution is -2.43. The smallest absolute Gasteiger partial charge is 0.273 e. The molecule has 6 heteroatoms. The lowest BCUT2D eigenvalue weighted by molar-refractivity contribution is 0.0557. The molecule has 1 saturated heterocycles. The van der Waals surface area contributed by atoms with Crippen LogP contribution in [0, 0.1) is 5.82 Å². The number of rotatable bonds is 4. The van der Waals surface area contributed by atoms with Gasteiger partial charge in [0.15, 0.2) is 0 Å². The lowest BCUT2D eigenvalue weighted by Gasteiger charge is -2.32. The molecule has 0 unspecified atom stereocenters. The van der Waals surface area contributed by atoms with E-state index in [-0.39, 0.29) is 11.7 Å². The van der Waals surface area contributed by atoms with Gasteiger partial charge in [0.05, 0.1) is 6.20 Å². The van der Waals surface area contributed by atoms with E-state index in [0.717, 1.165) is 18.4 Å². The quantitative estimate of drug-likeness (QED) is 0.702. The first-order valence-electron chi connectivity index (χ1n) is 8.99. The van der Waals surface area contributed by atoms with Gasteiger partial charge in [-0.1, -0.05) is 18.2 Å². The molecule has 1 amide bonds. The average molecular weight is 365 g/mol. The van der Waals surface area contributed by atoms with Crippen LogP contribution in [0.4, 0.5) is 4.39 Å². The first kappa shape index (κ1) is 17.4. The van der Waals surface area contributed by atoms with Crippen molar-refractivity contribution in [3.8, 4) is 0 Å². The molecule has 1 aromatic carbocycles. The van der Waals surface area contributed by atoms with Gasteiger partial charge in [-0.2, -0.15) is 0 Å². The molecular formula is C21H20FN3O2. The zero-order chi connectivity index (χ0) is 18.9. The number of carbonyl (C=O) groups is 1. The maximum absolute atomic E-state index is 13.4. The van der Waals surface area contributed by atoms with Gasteiger partial charge < -0.3 is 9.32 Å². The Morgan fingerprint density at radius 3 is 2.93 bits per heavy atom. The minimum absolute atomic E-state index is 0.125. The fourth-order valence-corrected chi connectivity index (χ4v) is 3.63. The number of aromatic nitrogens is 2. The summed E-state index contributed by atoms with van der Waals surface area (Å²) < 4.78 is 19.4. The number of hydrogen-bond acceptors (Lipinski definition) is 4. The summed E-state index contributed by atoms with van der Waals surface area (Å²) in [6, 6.07) is 11.7. The first-order valence-corrected chi connectivity index (χ1v) is 8.99. The number of oxazole rings is 1. The molecule has 5 nitrogen and oxygen atoms in total. The summed E-state index contributed by atoms with van der Waals surface area (Å²) in [5, 5.41) is 0. The Morgan fingerprint density at radius 2 is 2.15 bits per heavy atom. The van der Waals surface area contributed by atoms with E-state index in [1.54, 1.807) is 41.6 Å². The number of hydrogen-bond donors (Lipinski definition) is 0. The summed E-state index contributed by atoms with van der Waals surface area (Å²) in [5.74, 6) is 0.757. The van der Waals surface area contributed by atoms with Crippen LogP contribution in [0.1, 0.15) is 47.5 Å². The number of likely N-dealkylation sites (tertiary alicyclic amines) is 1. The Balaban J connectivity index is 1.58. The second-order valence-corrected chi connectivity index (χ2v) is 6.99. The SMILES string of the molecule is C[C@@]1(c2ncc(Cc3cccc(F)c3)o2)CCCN1C(=O)c1ccccn1. The predicted molar refractivity (Wildman–Crippen MR) is 97.6 cm³/mol. The van der Waals surface area contributed by atoms with Crippen molar-refractivity contribution in [2.45, 2.75) is 31.7 Å². The van der Waals surface area contributed by atoms with E-state index < -0.39 is 5.54 Å². The van der Waals surface area contributed by atoms with Crippen molar-refractivity contribution >= 4 is 5.91 Å². The third kappa shape index (κ3) is 3.35. The highest BCUT2D eigenvalue weighted by molar-refractivity contribution is 5.93. The Hall–Kier alpha value is -3.02. The van der Waals surface area contributed by atoms with Crippen LogP contribution >= 0.6 is 0 Å². The van der Waals surface area contributed by atoms with Crippen LogP contribution in [0.5, 0.6) is 0 Å². The number of halogens is 1. The van der Waals surface area contributed by atoms with Crippen molar-refractivity contribution in [3.63, 3.8) is 0 Å². The number of nitrogens with zero attached hydrogens (tertiary/aromatic N) is 3. The van der Waals surface area contributed by atoms with Gasteiger partial charge in [-0.25, -0.2) is 9.37 Å². The van der Waals surface area contributed by atoms with Crippen molar-refractivity contribution in [3.05, 3.63) is 83.6 Å². The summed E-state index contributed by atoms with van der Waals surface area (Å²) in [5.41, 5.74) is 0.613. The molecule has 27 heavy (non-hydrogen) atoms. The summed E-state index contributed by atoms with van der Waals surface area (Å²) in [6.45, 7) is 2.60. The zero-order valence-corrected chi connectivity index (χ0v) is 15.1. The van der Waals surface area contributed by atoms with Crippen molar-refractivity contribution < 1.29 is 13.6 Å². The first-order chi connectivity index (χ1) is 13.1.